The third-order valence-electron chi connectivity index (χ3n) is 14.5. The van der Waals surface area contributed by atoms with Gasteiger partial charge in [0.15, 0.2) is 6.29 Å². The first-order valence-electron chi connectivity index (χ1n) is 30.1. The smallest absolute Gasteiger partial charge is 0.220 e. The Balaban J connectivity index is 2.09. The monoisotopic (exact) mass is 978 g/mol. The average Bonchev–Trinajstić information content (AvgIpc) is 3.35. The van der Waals surface area contributed by atoms with E-state index in [9.17, 15) is 30.3 Å². The number of carbonyl (C=O) groups is 1. The van der Waals surface area contributed by atoms with Crippen molar-refractivity contribution in [3.05, 3.63) is 24.3 Å². The van der Waals surface area contributed by atoms with Crippen LogP contribution in [0.2, 0.25) is 0 Å². The molecule has 1 fully saturated rings. The quantitative estimate of drug-likeness (QED) is 0.0261. The molecule has 9 nitrogen and oxygen atoms in total. The topological polar surface area (TPSA) is 149 Å². The van der Waals surface area contributed by atoms with Crippen LogP contribution in [0.25, 0.3) is 0 Å². The highest BCUT2D eigenvalue weighted by Crippen LogP contribution is 2.23. The third kappa shape index (κ3) is 39.8. The number of allylic oxidation sites excluding steroid dienone is 3. The van der Waals surface area contributed by atoms with Crippen LogP contribution in [0.4, 0.5) is 0 Å². The van der Waals surface area contributed by atoms with Crippen LogP contribution in [0.5, 0.6) is 0 Å². The van der Waals surface area contributed by atoms with Gasteiger partial charge in [-0.2, -0.15) is 0 Å². The molecule has 0 bridgehead atoms. The van der Waals surface area contributed by atoms with Crippen LogP contribution in [0.3, 0.4) is 0 Å². The Morgan fingerprint density at radius 3 is 1.17 bits per heavy atom. The Hall–Kier alpha value is -1.33. The molecule has 408 valence electrons. The molecule has 1 rings (SSSR count). The number of hydrogen-bond acceptors (Lipinski definition) is 8. The first-order valence-corrected chi connectivity index (χ1v) is 30.1. The van der Waals surface area contributed by atoms with E-state index in [4.69, 9.17) is 9.47 Å². The van der Waals surface area contributed by atoms with Gasteiger partial charge in [-0.15, -0.1) is 0 Å². The molecule has 1 amide bonds. The Labute approximate surface area is 426 Å². The second kappa shape index (κ2) is 50.2. The summed E-state index contributed by atoms with van der Waals surface area (Å²) in [6.45, 7) is 3.80. The largest absolute Gasteiger partial charge is 0.394 e. The molecule has 0 saturated carbocycles. The minimum Gasteiger partial charge on any atom is -0.394 e. The zero-order valence-electron chi connectivity index (χ0n) is 45.3. The fourth-order valence-corrected chi connectivity index (χ4v) is 9.74. The minimum absolute atomic E-state index is 0.173. The molecule has 7 unspecified atom stereocenters. The van der Waals surface area contributed by atoms with E-state index in [0.717, 1.165) is 38.5 Å². The first-order chi connectivity index (χ1) is 33.8. The number of nitrogens with one attached hydrogen (secondary N) is 1. The van der Waals surface area contributed by atoms with Gasteiger partial charge in [0, 0.05) is 6.42 Å². The average molecular weight is 979 g/mol. The Kier molecular flexibility index (Phi) is 47.8. The van der Waals surface area contributed by atoms with Gasteiger partial charge in [0.1, 0.15) is 24.4 Å². The molecule has 0 aliphatic carbocycles. The fourth-order valence-electron chi connectivity index (χ4n) is 9.74. The van der Waals surface area contributed by atoms with E-state index >= 15 is 0 Å². The third-order valence-corrected chi connectivity index (χ3v) is 14.5. The van der Waals surface area contributed by atoms with Gasteiger partial charge in [-0.05, 0) is 44.9 Å². The molecule has 0 aromatic carbocycles. The van der Waals surface area contributed by atoms with E-state index < -0.39 is 49.5 Å². The molecule has 1 heterocycles. The molecule has 69 heavy (non-hydrogen) atoms. The van der Waals surface area contributed by atoms with Gasteiger partial charge in [0.25, 0.3) is 0 Å². The SMILES string of the molecule is CCCCCCCCCCCCC/C=C/C(O)C(COC1OC(CO)C(O)C(O)C1O)NC(=O)CCCCCCCCCCCCCCCCCCC/C=C\CCCCCCCCCCCCCC. The predicted molar refractivity (Wildman–Crippen MR) is 290 cm³/mol. The lowest BCUT2D eigenvalue weighted by Gasteiger charge is -2.40. The number of ether oxygens (including phenoxy) is 2. The number of unbranched alkanes of at least 4 members (excludes halogenated alkanes) is 40. The number of aliphatic hydroxyl groups is 5. The molecular formula is C60H115NO8. The summed E-state index contributed by atoms with van der Waals surface area (Å²) in [5.74, 6) is -0.173. The molecule has 0 aromatic rings. The van der Waals surface area contributed by atoms with Crippen molar-refractivity contribution in [2.24, 2.45) is 0 Å². The van der Waals surface area contributed by atoms with Crippen LogP contribution < -0.4 is 5.32 Å². The van der Waals surface area contributed by atoms with Gasteiger partial charge in [-0.25, -0.2) is 0 Å². The normalized spacial score (nSPS) is 19.6. The lowest BCUT2D eigenvalue weighted by Crippen LogP contribution is -2.60. The Morgan fingerprint density at radius 2 is 0.812 bits per heavy atom. The molecule has 6 N–H and O–H groups in total. The fraction of sp³-hybridized carbons (Fsp3) is 0.917. The summed E-state index contributed by atoms with van der Waals surface area (Å²) in [5.41, 5.74) is 0. The minimum atomic E-state index is -1.56. The van der Waals surface area contributed by atoms with Gasteiger partial charge >= 0.3 is 0 Å². The van der Waals surface area contributed by atoms with Crippen molar-refractivity contribution in [1.82, 2.24) is 5.32 Å². The highest BCUT2D eigenvalue weighted by Gasteiger charge is 2.44. The van der Waals surface area contributed by atoms with E-state index in [1.54, 1.807) is 6.08 Å². The van der Waals surface area contributed by atoms with Crippen molar-refractivity contribution in [3.63, 3.8) is 0 Å². The highest BCUT2D eigenvalue weighted by molar-refractivity contribution is 5.76. The highest BCUT2D eigenvalue weighted by atomic mass is 16.7. The molecule has 0 aromatic heterocycles. The summed E-state index contributed by atoms with van der Waals surface area (Å²) in [6.07, 6.45) is 57.0. The van der Waals surface area contributed by atoms with Crippen LogP contribution in [0, 0.1) is 0 Å². The Morgan fingerprint density at radius 1 is 0.478 bits per heavy atom. The maximum absolute atomic E-state index is 13.0. The van der Waals surface area contributed by atoms with E-state index in [1.807, 2.05) is 6.08 Å². The number of aliphatic hydroxyl groups excluding tert-OH is 5. The summed E-state index contributed by atoms with van der Waals surface area (Å²) in [4.78, 5) is 13.0. The van der Waals surface area contributed by atoms with Crippen molar-refractivity contribution in [2.75, 3.05) is 13.2 Å². The van der Waals surface area contributed by atoms with Gasteiger partial charge in [0.05, 0.1) is 25.4 Å². The molecule has 9 heteroatoms. The lowest BCUT2D eigenvalue weighted by atomic mass is 9.99. The molecular weight excluding hydrogens is 863 g/mol. The Bertz CT molecular complexity index is 1130. The second-order valence-electron chi connectivity index (χ2n) is 21.1. The summed E-state index contributed by atoms with van der Waals surface area (Å²) in [6, 6.07) is -0.801. The van der Waals surface area contributed by atoms with Gasteiger partial charge in [0.2, 0.25) is 5.91 Å². The molecule has 1 saturated heterocycles. The van der Waals surface area contributed by atoms with E-state index in [2.05, 4.69) is 31.3 Å². The molecule has 0 radical (unpaired) electrons. The molecule has 7 atom stereocenters. The summed E-state index contributed by atoms with van der Waals surface area (Å²) < 4.78 is 11.3. The molecule has 1 aliphatic rings. The van der Waals surface area contributed by atoms with Crippen LogP contribution in [-0.2, 0) is 14.3 Å². The first kappa shape index (κ1) is 65.7. The van der Waals surface area contributed by atoms with Crippen LogP contribution in [0.15, 0.2) is 24.3 Å². The van der Waals surface area contributed by atoms with Crippen LogP contribution >= 0.6 is 0 Å². The second-order valence-corrected chi connectivity index (χ2v) is 21.1. The van der Waals surface area contributed by atoms with E-state index in [0.29, 0.717) is 6.42 Å². The van der Waals surface area contributed by atoms with Gasteiger partial charge < -0.3 is 40.3 Å². The van der Waals surface area contributed by atoms with Crippen molar-refractivity contribution in [1.29, 1.82) is 0 Å². The van der Waals surface area contributed by atoms with E-state index in [1.165, 1.54) is 238 Å². The molecule has 0 spiro atoms. The zero-order valence-corrected chi connectivity index (χ0v) is 45.3. The van der Waals surface area contributed by atoms with E-state index in [-0.39, 0.29) is 12.5 Å². The van der Waals surface area contributed by atoms with Gasteiger partial charge in [-0.1, -0.05) is 269 Å². The van der Waals surface area contributed by atoms with Gasteiger partial charge in [-0.3, -0.25) is 4.79 Å². The van der Waals surface area contributed by atoms with Crippen molar-refractivity contribution in [3.8, 4) is 0 Å². The maximum Gasteiger partial charge on any atom is 0.220 e. The number of amides is 1. The number of rotatable bonds is 52. The summed E-state index contributed by atoms with van der Waals surface area (Å²) in [5, 5.41) is 54.4. The van der Waals surface area contributed by atoms with Crippen LogP contribution in [0.1, 0.15) is 296 Å². The number of carbonyl (C=O) groups excluding carboxylic acids is 1. The number of hydrogen-bond donors (Lipinski definition) is 6. The zero-order chi connectivity index (χ0) is 50.1. The van der Waals surface area contributed by atoms with Crippen molar-refractivity contribution < 1.29 is 39.8 Å². The lowest BCUT2D eigenvalue weighted by molar-refractivity contribution is -0.302. The predicted octanol–water partition coefficient (Wildman–Crippen LogP) is 15.0. The van der Waals surface area contributed by atoms with Crippen molar-refractivity contribution in [2.45, 2.75) is 339 Å². The summed E-state index contributed by atoms with van der Waals surface area (Å²) >= 11 is 0. The standard InChI is InChI=1S/C60H115NO8/c1-3-5-7-9-11-13-15-17-18-19-20-21-22-23-24-25-26-27-28-29-30-31-32-33-34-35-36-38-40-42-44-46-48-50-56(64)61-53(52-68-60-59(67)58(66)57(65)55(51-62)69-60)54(63)49-47-45-43-41-39-37-16-14-12-10-8-6-4-2/h23-24,47,49,53-55,57-60,62-63,65-67H,3-22,25-46,48,50-52H2,1-2H3,(H,61,64)/b24-23-,49-47+. The van der Waals surface area contributed by atoms with Crippen molar-refractivity contribution >= 4 is 5.91 Å². The van der Waals surface area contributed by atoms with Crippen LogP contribution in [-0.4, -0.2) is 87.5 Å². The molecule has 1 aliphatic heterocycles. The maximum atomic E-state index is 13.0. The summed E-state index contributed by atoms with van der Waals surface area (Å²) in [7, 11) is 0.